The number of methoxy groups -OCH3 is 1. The average molecular weight is 391 g/mol. The summed E-state index contributed by atoms with van der Waals surface area (Å²) < 4.78 is 11.1. The van der Waals surface area contributed by atoms with Gasteiger partial charge < -0.3 is 19.0 Å². The molecule has 0 spiro atoms. The van der Waals surface area contributed by atoms with Crippen molar-refractivity contribution in [2.75, 3.05) is 38.2 Å². The second-order valence-corrected chi connectivity index (χ2v) is 7.13. The third-order valence-corrected chi connectivity index (χ3v) is 5.28. The van der Waals surface area contributed by atoms with E-state index in [9.17, 15) is 4.79 Å². The molecule has 1 fully saturated rings. The van der Waals surface area contributed by atoms with Crippen LogP contribution in [0.25, 0.3) is 11.5 Å². The van der Waals surface area contributed by atoms with Gasteiger partial charge in [-0.15, -0.1) is 0 Å². The number of para-hydroxylation sites is 1. The third kappa shape index (κ3) is 4.26. The van der Waals surface area contributed by atoms with E-state index in [0.29, 0.717) is 30.4 Å². The molecule has 1 aromatic heterocycles. The molecule has 0 aliphatic carbocycles. The Hall–Kier alpha value is -3.28. The highest BCUT2D eigenvalue weighted by atomic mass is 16.5. The molecule has 1 saturated heterocycles. The monoisotopic (exact) mass is 391 g/mol. The van der Waals surface area contributed by atoms with Crippen LogP contribution in [-0.2, 0) is 11.2 Å². The van der Waals surface area contributed by atoms with E-state index in [0.717, 1.165) is 24.4 Å². The lowest BCUT2D eigenvalue weighted by molar-refractivity contribution is -0.130. The zero-order valence-corrected chi connectivity index (χ0v) is 16.8. The Kier molecular flexibility index (Phi) is 5.51. The number of rotatable bonds is 5. The molecule has 6 nitrogen and oxygen atoms in total. The molecule has 0 unspecified atom stereocenters. The predicted molar refractivity (Wildman–Crippen MR) is 112 cm³/mol. The van der Waals surface area contributed by atoms with Gasteiger partial charge in [-0.3, -0.25) is 4.79 Å². The first-order valence-electron chi connectivity index (χ1n) is 9.82. The van der Waals surface area contributed by atoms with E-state index in [1.807, 2.05) is 54.3 Å². The number of piperazine rings is 1. The molecule has 150 valence electrons. The first kappa shape index (κ1) is 19.1. The molecule has 1 amide bonds. The minimum Gasteiger partial charge on any atom is -0.497 e. The van der Waals surface area contributed by atoms with Crippen LogP contribution in [0.2, 0.25) is 0 Å². The van der Waals surface area contributed by atoms with E-state index >= 15 is 0 Å². The summed E-state index contributed by atoms with van der Waals surface area (Å²) in [4.78, 5) is 21.6. The molecule has 2 heterocycles. The van der Waals surface area contributed by atoms with Gasteiger partial charge in [0, 0.05) is 37.4 Å². The number of hydrogen-bond acceptors (Lipinski definition) is 5. The third-order valence-electron chi connectivity index (χ3n) is 5.28. The van der Waals surface area contributed by atoms with E-state index in [2.05, 4.69) is 22.0 Å². The van der Waals surface area contributed by atoms with Crippen molar-refractivity contribution in [3.63, 3.8) is 0 Å². The molecule has 0 bridgehead atoms. The van der Waals surface area contributed by atoms with Crippen LogP contribution in [0.15, 0.2) is 59.0 Å². The Morgan fingerprint density at radius 3 is 2.55 bits per heavy atom. The Morgan fingerprint density at radius 1 is 1.07 bits per heavy atom. The number of amides is 1. The zero-order valence-electron chi connectivity index (χ0n) is 16.8. The van der Waals surface area contributed by atoms with Gasteiger partial charge in [0.05, 0.1) is 19.2 Å². The summed E-state index contributed by atoms with van der Waals surface area (Å²) in [5, 5.41) is 0. The maximum absolute atomic E-state index is 12.8. The highest BCUT2D eigenvalue weighted by Crippen LogP contribution is 2.25. The molecule has 0 saturated carbocycles. The lowest BCUT2D eigenvalue weighted by atomic mass is 10.2. The summed E-state index contributed by atoms with van der Waals surface area (Å²) in [7, 11) is 1.63. The summed E-state index contributed by atoms with van der Waals surface area (Å²) in [6, 6.07) is 17.9. The summed E-state index contributed by atoms with van der Waals surface area (Å²) in [5.74, 6) is 2.02. The smallest absolute Gasteiger partial charge is 0.228 e. The van der Waals surface area contributed by atoms with Gasteiger partial charge in [0.1, 0.15) is 11.5 Å². The molecule has 0 radical (unpaired) electrons. The molecule has 2 aromatic carbocycles. The van der Waals surface area contributed by atoms with E-state index in [1.165, 1.54) is 5.69 Å². The van der Waals surface area contributed by atoms with Gasteiger partial charge in [-0.05, 0) is 37.3 Å². The summed E-state index contributed by atoms with van der Waals surface area (Å²) in [6.45, 7) is 4.96. The molecule has 29 heavy (non-hydrogen) atoms. The topological polar surface area (TPSA) is 58.8 Å². The summed E-state index contributed by atoms with van der Waals surface area (Å²) in [5.41, 5.74) is 2.73. The van der Waals surface area contributed by atoms with Gasteiger partial charge in [-0.2, -0.15) is 0 Å². The Morgan fingerprint density at radius 2 is 1.83 bits per heavy atom. The number of aromatic nitrogens is 1. The number of carbonyl (C=O) groups excluding carboxylic acids is 1. The van der Waals surface area contributed by atoms with E-state index < -0.39 is 0 Å². The van der Waals surface area contributed by atoms with Gasteiger partial charge in [0.25, 0.3) is 0 Å². The molecular formula is C23H25N3O3. The lowest BCUT2D eigenvalue weighted by Gasteiger charge is -2.36. The molecule has 0 N–H and O–H groups in total. The van der Waals surface area contributed by atoms with Crippen LogP contribution in [0, 0.1) is 6.92 Å². The predicted octanol–water partition coefficient (Wildman–Crippen LogP) is 3.55. The van der Waals surface area contributed by atoms with Crippen LogP contribution < -0.4 is 9.64 Å². The SMILES string of the molecule is COc1cccc(-c2nc(CC(=O)N3CCN(c4ccccc4)CC3)c(C)o2)c1. The van der Waals surface area contributed by atoms with E-state index in [-0.39, 0.29) is 12.3 Å². The number of benzene rings is 2. The van der Waals surface area contributed by atoms with Crippen molar-refractivity contribution in [1.82, 2.24) is 9.88 Å². The van der Waals surface area contributed by atoms with Crippen molar-refractivity contribution in [1.29, 1.82) is 0 Å². The first-order valence-corrected chi connectivity index (χ1v) is 9.82. The zero-order chi connectivity index (χ0) is 20.2. The Labute approximate surface area is 170 Å². The van der Waals surface area contributed by atoms with Crippen molar-refractivity contribution in [2.24, 2.45) is 0 Å². The molecule has 0 atom stereocenters. The van der Waals surface area contributed by atoms with Crippen LogP contribution in [-0.4, -0.2) is 49.1 Å². The number of carbonyl (C=O) groups is 1. The van der Waals surface area contributed by atoms with Gasteiger partial charge >= 0.3 is 0 Å². The molecular weight excluding hydrogens is 366 g/mol. The molecule has 4 rings (SSSR count). The molecule has 1 aliphatic rings. The maximum atomic E-state index is 12.8. The number of oxazole rings is 1. The fourth-order valence-electron chi connectivity index (χ4n) is 3.58. The maximum Gasteiger partial charge on any atom is 0.228 e. The summed E-state index contributed by atoms with van der Waals surface area (Å²) in [6.07, 6.45) is 0.255. The molecule has 1 aliphatic heterocycles. The van der Waals surface area contributed by atoms with Crippen LogP contribution in [0.5, 0.6) is 5.75 Å². The van der Waals surface area contributed by atoms with Crippen molar-refractivity contribution in [2.45, 2.75) is 13.3 Å². The number of aryl methyl sites for hydroxylation is 1. The first-order chi connectivity index (χ1) is 14.1. The number of ether oxygens (including phenoxy) is 1. The van der Waals surface area contributed by atoms with Crippen LogP contribution in [0.3, 0.4) is 0 Å². The highest BCUT2D eigenvalue weighted by Gasteiger charge is 2.23. The Bertz CT molecular complexity index is 976. The lowest BCUT2D eigenvalue weighted by Crippen LogP contribution is -2.49. The van der Waals surface area contributed by atoms with E-state index in [1.54, 1.807) is 7.11 Å². The largest absolute Gasteiger partial charge is 0.497 e. The van der Waals surface area contributed by atoms with Crippen LogP contribution in [0.4, 0.5) is 5.69 Å². The van der Waals surface area contributed by atoms with Crippen molar-refractivity contribution in [3.8, 4) is 17.2 Å². The number of hydrogen-bond donors (Lipinski definition) is 0. The number of anilines is 1. The van der Waals surface area contributed by atoms with Crippen molar-refractivity contribution in [3.05, 3.63) is 66.1 Å². The quantitative estimate of drug-likeness (QED) is 0.666. The fraction of sp³-hybridized carbons (Fsp3) is 0.304. The van der Waals surface area contributed by atoms with Crippen molar-refractivity contribution >= 4 is 11.6 Å². The number of nitrogens with zero attached hydrogens (tertiary/aromatic N) is 3. The normalized spacial score (nSPS) is 14.1. The second kappa shape index (κ2) is 8.39. The van der Waals surface area contributed by atoms with Gasteiger partial charge in [-0.25, -0.2) is 4.98 Å². The van der Waals surface area contributed by atoms with Crippen molar-refractivity contribution < 1.29 is 13.9 Å². The van der Waals surface area contributed by atoms with Gasteiger partial charge in [0.2, 0.25) is 11.8 Å². The highest BCUT2D eigenvalue weighted by molar-refractivity contribution is 5.79. The fourth-order valence-corrected chi connectivity index (χ4v) is 3.58. The molecule has 6 heteroatoms. The van der Waals surface area contributed by atoms with E-state index in [4.69, 9.17) is 9.15 Å². The van der Waals surface area contributed by atoms with Crippen LogP contribution >= 0.6 is 0 Å². The molecule has 3 aromatic rings. The standard InChI is InChI=1S/C23H25N3O3/c1-17-21(24-23(29-17)18-7-6-10-20(15-18)28-2)16-22(27)26-13-11-25(12-14-26)19-8-4-3-5-9-19/h3-10,15H,11-14,16H2,1-2H3. The Balaban J connectivity index is 1.39. The second-order valence-electron chi connectivity index (χ2n) is 7.13. The van der Waals surface area contributed by atoms with Gasteiger partial charge in [-0.1, -0.05) is 24.3 Å². The van der Waals surface area contributed by atoms with Crippen LogP contribution in [0.1, 0.15) is 11.5 Å². The van der Waals surface area contributed by atoms with Gasteiger partial charge in [0.15, 0.2) is 0 Å². The minimum atomic E-state index is 0.0892. The average Bonchev–Trinajstić information content (AvgIpc) is 3.14. The summed E-state index contributed by atoms with van der Waals surface area (Å²) >= 11 is 0. The minimum absolute atomic E-state index is 0.0892.